The summed E-state index contributed by atoms with van der Waals surface area (Å²) in [5.74, 6) is 0.460. The van der Waals surface area contributed by atoms with E-state index in [-0.39, 0.29) is 18.4 Å². The van der Waals surface area contributed by atoms with Gasteiger partial charge in [0.25, 0.3) is 0 Å². The van der Waals surface area contributed by atoms with E-state index in [9.17, 15) is 9.59 Å². The van der Waals surface area contributed by atoms with E-state index in [4.69, 9.17) is 4.42 Å². The summed E-state index contributed by atoms with van der Waals surface area (Å²) in [7, 11) is 1.67. The van der Waals surface area contributed by atoms with Crippen LogP contribution in [-0.2, 0) is 22.7 Å². The number of furan rings is 1. The number of carbonyl (C=O) groups excluding carboxylic acids is 2. The normalized spacial score (nSPS) is 15.2. The van der Waals surface area contributed by atoms with E-state index in [2.05, 4.69) is 46.3 Å². The molecule has 0 atom stereocenters. The van der Waals surface area contributed by atoms with Crippen LogP contribution in [0.4, 0.5) is 0 Å². The summed E-state index contributed by atoms with van der Waals surface area (Å²) in [5, 5.41) is 2.76. The lowest BCUT2D eigenvalue weighted by Gasteiger charge is -2.35. The molecule has 1 aliphatic heterocycles. The standard InChI is InChI=1S/C22H30N4O3/c1-18-6-3-4-7-19(18)15-25-9-11-26(12-10-25)17-22(28)24(2)16-21(27)23-14-20-8-5-13-29-20/h3-8,13H,9-12,14-17H2,1-2H3,(H,23,27). The molecule has 1 fully saturated rings. The van der Waals surface area contributed by atoms with Gasteiger partial charge in [-0.2, -0.15) is 0 Å². The maximum absolute atomic E-state index is 12.5. The first kappa shape index (κ1) is 21.1. The molecular formula is C22H30N4O3. The van der Waals surface area contributed by atoms with Gasteiger partial charge in [0.2, 0.25) is 11.8 Å². The monoisotopic (exact) mass is 398 g/mol. The summed E-state index contributed by atoms with van der Waals surface area (Å²) in [4.78, 5) is 30.6. The molecule has 29 heavy (non-hydrogen) atoms. The maximum atomic E-state index is 12.5. The Hall–Kier alpha value is -2.64. The van der Waals surface area contributed by atoms with E-state index in [0.717, 1.165) is 32.7 Å². The molecule has 156 valence electrons. The first-order valence-corrected chi connectivity index (χ1v) is 10.0. The van der Waals surface area contributed by atoms with Gasteiger partial charge in [0.15, 0.2) is 0 Å². The van der Waals surface area contributed by atoms with Gasteiger partial charge in [-0.1, -0.05) is 24.3 Å². The number of amides is 2. The Bertz CT molecular complexity index is 798. The molecule has 2 amide bonds. The zero-order chi connectivity index (χ0) is 20.6. The zero-order valence-electron chi connectivity index (χ0n) is 17.3. The molecule has 1 saturated heterocycles. The highest BCUT2D eigenvalue weighted by molar-refractivity contribution is 5.85. The van der Waals surface area contributed by atoms with Crippen molar-refractivity contribution in [3.8, 4) is 0 Å². The molecule has 3 rings (SSSR count). The third-order valence-electron chi connectivity index (χ3n) is 5.33. The fraction of sp³-hybridized carbons (Fsp3) is 0.455. The molecular weight excluding hydrogens is 368 g/mol. The van der Waals surface area contributed by atoms with Crippen LogP contribution in [0.1, 0.15) is 16.9 Å². The minimum atomic E-state index is -0.194. The lowest BCUT2D eigenvalue weighted by Crippen LogP contribution is -2.50. The molecule has 7 heteroatoms. The number of aryl methyl sites for hydroxylation is 1. The minimum Gasteiger partial charge on any atom is -0.467 e. The number of rotatable bonds is 8. The highest BCUT2D eigenvalue weighted by atomic mass is 16.3. The molecule has 2 heterocycles. The number of hydrogen-bond donors (Lipinski definition) is 1. The largest absolute Gasteiger partial charge is 0.467 e. The van der Waals surface area contributed by atoms with E-state index in [1.807, 2.05) is 0 Å². The molecule has 7 nitrogen and oxygen atoms in total. The van der Waals surface area contributed by atoms with Crippen LogP contribution in [0.2, 0.25) is 0 Å². The average molecular weight is 399 g/mol. The number of likely N-dealkylation sites (N-methyl/N-ethyl adjacent to an activating group) is 1. The lowest BCUT2D eigenvalue weighted by molar-refractivity contribution is -0.136. The summed E-state index contributed by atoms with van der Waals surface area (Å²) >= 11 is 0. The van der Waals surface area contributed by atoms with Crippen LogP contribution in [0.3, 0.4) is 0 Å². The molecule has 1 aliphatic rings. The zero-order valence-corrected chi connectivity index (χ0v) is 17.3. The van der Waals surface area contributed by atoms with Gasteiger partial charge < -0.3 is 14.6 Å². The van der Waals surface area contributed by atoms with Crippen molar-refractivity contribution in [2.24, 2.45) is 0 Å². The smallest absolute Gasteiger partial charge is 0.239 e. The molecule has 0 unspecified atom stereocenters. The van der Waals surface area contributed by atoms with Gasteiger partial charge in [-0.05, 0) is 30.2 Å². The maximum Gasteiger partial charge on any atom is 0.239 e. The molecule has 0 saturated carbocycles. The van der Waals surface area contributed by atoms with Crippen LogP contribution in [0.25, 0.3) is 0 Å². The number of carbonyl (C=O) groups is 2. The van der Waals surface area contributed by atoms with Crippen LogP contribution >= 0.6 is 0 Å². The SMILES string of the molecule is Cc1ccccc1CN1CCN(CC(=O)N(C)CC(=O)NCc2ccco2)CC1. The Labute approximate surface area is 172 Å². The Balaban J connectivity index is 1.36. The molecule has 0 radical (unpaired) electrons. The predicted octanol–water partition coefficient (Wildman–Crippen LogP) is 1.48. The van der Waals surface area contributed by atoms with E-state index in [0.29, 0.717) is 18.8 Å². The first-order valence-electron chi connectivity index (χ1n) is 10.0. The van der Waals surface area contributed by atoms with Crippen molar-refractivity contribution >= 4 is 11.8 Å². The van der Waals surface area contributed by atoms with Crippen molar-refractivity contribution in [2.45, 2.75) is 20.0 Å². The lowest BCUT2D eigenvalue weighted by atomic mass is 10.1. The Morgan fingerprint density at radius 2 is 1.79 bits per heavy atom. The Kier molecular flexibility index (Phi) is 7.43. The van der Waals surface area contributed by atoms with E-state index < -0.39 is 0 Å². The fourth-order valence-electron chi connectivity index (χ4n) is 3.40. The molecule has 1 aromatic heterocycles. The number of nitrogens with zero attached hydrogens (tertiary/aromatic N) is 3. The van der Waals surface area contributed by atoms with Crippen LogP contribution in [0.5, 0.6) is 0 Å². The minimum absolute atomic E-state index is 0.0366. The van der Waals surface area contributed by atoms with Gasteiger partial charge in [0.05, 0.1) is 25.9 Å². The quantitative estimate of drug-likeness (QED) is 0.730. The second-order valence-electron chi connectivity index (χ2n) is 7.58. The summed E-state index contributed by atoms with van der Waals surface area (Å²) in [5.41, 5.74) is 2.68. The number of nitrogens with one attached hydrogen (secondary N) is 1. The fourth-order valence-corrected chi connectivity index (χ4v) is 3.40. The molecule has 1 N–H and O–H groups in total. The van der Waals surface area contributed by atoms with Crippen LogP contribution in [-0.4, -0.2) is 72.8 Å². The van der Waals surface area contributed by atoms with Crippen molar-refractivity contribution < 1.29 is 14.0 Å². The second-order valence-corrected chi connectivity index (χ2v) is 7.58. The molecule has 0 bridgehead atoms. The van der Waals surface area contributed by atoms with Crippen molar-refractivity contribution in [3.05, 3.63) is 59.5 Å². The average Bonchev–Trinajstić information content (AvgIpc) is 3.23. The highest BCUT2D eigenvalue weighted by Crippen LogP contribution is 2.12. The van der Waals surface area contributed by atoms with E-state index in [1.165, 1.54) is 16.0 Å². The van der Waals surface area contributed by atoms with E-state index >= 15 is 0 Å². The molecule has 0 aliphatic carbocycles. The highest BCUT2D eigenvalue weighted by Gasteiger charge is 2.21. The van der Waals surface area contributed by atoms with Gasteiger partial charge in [0, 0.05) is 39.8 Å². The molecule has 0 spiro atoms. The van der Waals surface area contributed by atoms with Gasteiger partial charge >= 0.3 is 0 Å². The summed E-state index contributed by atoms with van der Waals surface area (Å²) in [6, 6.07) is 12.0. The van der Waals surface area contributed by atoms with Crippen LogP contribution in [0, 0.1) is 6.92 Å². The Morgan fingerprint density at radius 1 is 1.07 bits per heavy atom. The van der Waals surface area contributed by atoms with Crippen molar-refractivity contribution in [1.82, 2.24) is 20.0 Å². The molecule has 1 aromatic carbocycles. The Morgan fingerprint density at radius 3 is 2.48 bits per heavy atom. The summed E-state index contributed by atoms with van der Waals surface area (Å²) in [6.45, 7) is 7.41. The topological polar surface area (TPSA) is 69.0 Å². The second kappa shape index (κ2) is 10.2. The first-order chi connectivity index (χ1) is 14.0. The van der Waals surface area contributed by atoms with Gasteiger partial charge in [-0.3, -0.25) is 19.4 Å². The van der Waals surface area contributed by atoms with Crippen molar-refractivity contribution in [2.75, 3.05) is 46.3 Å². The van der Waals surface area contributed by atoms with Gasteiger partial charge in [0.1, 0.15) is 5.76 Å². The van der Waals surface area contributed by atoms with Crippen LogP contribution < -0.4 is 5.32 Å². The molecule has 2 aromatic rings. The van der Waals surface area contributed by atoms with E-state index in [1.54, 1.807) is 25.4 Å². The third kappa shape index (κ3) is 6.44. The van der Waals surface area contributed by atoms with Crippen LogP contribution in [0.15, 0.2) is 47.1 Å². The van der Waals surface area contributed by atoms with Crippen molar-refractivity contribution in [1.29, 1.82) is 0 Å². The predicted molar refractivity (Wildman–Crippen MR) is 111 cm³/mol. The van der Waals surface area contributed by atoms with Crippen molar-refractivity contribution in [3.63, 3.8) is 0 Å². The van der Waals surface area contributed by atoms with Gasteiger partial charge in [-0.15, -0.1) is 0 Å². The van der Waals surface area contributed by atoms with Gasteiger partial charge in [-0.25, -0.2) is 0 Å². The summed E-state index contributed by atoms with van der Waals surface area (Å²) in [6.07, 6.45) is 1.57. The third-order valence-corrected chi connectivity index (χ3v) is 5.33. The number of benzene rings is 1. The summed E-state index contributed by atoms with van der Waals surface area (Å²) < 4.78 is 5.18. The number of piperazine rings is 1. The number of hydrogen-bond acceptors (Lipinski definition) is 5.